The second-order valence-corrected chi connectivity index (χ2v) is 6.56. The molecule has 3 nitrogen and oxygen atoms in total. The van der Waals surface area contributed by atoms with Crippen LogP contribution in [0.25, 0.3) is 10.2 Å². The Balaban J connectivity index is 1.86. The third kappa shape index (κ3) is 4.32. The Bertz CT molecular complexity index is 556. The summed E-state index contributed by atoms with van der Waals surface area (Å²) in [5.41, 5.74) is 0. The predicted octanol–water partition coefficient (Wildman–Crippen LogP) is 5.39. The first kappa shape index (κ1) is 15.5. The molecular formula is C15H21ClN2OS. The topological polar surface area (TPSA) is 35.0 Å². The molecule has 0 saturated heterocycles. The molecule has 0 saturated carbocycles. The van der Waals surface area contributed by atoms with Crippen LogP contribution in [-0.2, 0) is 0 Å². The highest BCUT2D eigenvalue weighted by atomic mass is 35.5. The molecule has 0 aliphatic heterocycles. The maximum Gasteiger partial charge on any atom is 0.227 e. The van der Waals surface area contributed by atoms with Gasteiger partial charge in [-0.3, -0.25) is 0 Å². The van der Waals surface area contributed by atoms with E-state index in [0.29, 0.717) is 12.5 Å². The van der Waals surface area contributed by atoms with Crippen molar-refractivity contribution in [3.63, 3.8) is 0 Å². The van der Waals surface area contributed by atoms with Crippen molar-refractivity contribution in [1.29, 1.82) is 0 Å². The van der Waals surface area contributed by atoms with E-state index in [9.17, 15) is 0 Å². The summed E-state index contributed by atoms with van der Waals surface area (Å²) < 4.78 is 5.79. The lowest BCUT2D eigenvalue weighted by atomic mass is 10.1. The normalized spacial score (nSPS) is 11.2. The van der Waals surface area contributed by atoms with Crippen LogP contribution in [0.2, 0.25) is 5.28 Å². The van der Waals surface area contributed by atoms with Gasteiger partial charge in [-0.1, -0.05) is 39.0 Å². The van der Waals surface area contributed by atoms with E-state index in [0.717, 1.165) is 16.6 Å². The second-order valence-electron chi connectivity index (χ2n) is 4.99. The van der Waals surface area contributed by atoms with Crippen molar-refractivity contribution in [3.05, 3.63) is 16.2 Å². The van der Waals surface area contributed by atoms with Crippen LogP contribution in [0.15, 0.2) is 6.07 Å². The van der Waals surface area contributed by atoms with E-state index in [1.807, 2.05) is 0 Å². The predicted molar refractivity (Wildman–Crippen MR) is 86.0 cm³/mol. The maximum atomic E-state index is 5.93. The van der Waals surface area contributed by atoms with E-state index in [1.165, 1.54) is 37.0 Å². The standard InChI is InChI=1S/C15H21ClN2OS/c1-3-4-5-6-7-8-9-19-13-12-10-11(2)20-14(12)18-15(16)17-13/h10H,3-9H2,1-2H3. The molecule has 2 aromatic heterocycles. The molecule has 0 spiro atoms. The number of aromatic nitrogens is 2. The SMILES string of the molecule is CCCCCCCCOc1nc(Cl)nc2sc(C)cc12. The lowest BCUT2D eigenvalue weighted by Crippen LogP contribution is -2.00. The van der Waals surface area contributed by atoms with Gasteiger partial charge in [0.1, 0.15) is 4.83 Å². The number of fused-ring (bicyclic) bond motifs is 1. The largest absolute Gasteiger partial charge is 0.477 e. The fourth-order valence-electron chi connectivity index (χ4n) is 2.15. The number of ether oxygens (including phenoxy) is 1. The summed E-state index contributed by atoms with van der Waals surface area (Å²) >= 11 is 7.55. The van der Waals surface area contributed by atoms with Crippen LogP contribution in [0.4, 0.5) is 0 Å². The van der Waals surface area contributed by atoms with Gasteiger partial charge in [0, 0.05) is 4.88 Å². The minimum Gasteiger partial charge on any atom is -0.477 e. The maximum absolute atomic E-state index is 5.93. The zero-order valence-corrected chi connectivity index (χ0v) is 13.7. The molecule has 2 aromatic rings. The molecule has 0 aliphatic carbocycles. The molecule has 0 bridgehead atoms. The van der Waals surface area contributed by atoms with Crippen LogP contribution in [0, 0.1) is 6.92 Å². The van der Waals surface area contributed by atoms with E-state index in [4.69, 9.17) is 16.3 Å². The van der Waals surface area contributed by atoms with Gasteiger partial charge in [0.2, 0.25) is 11.2 Å². The fraction of sp³-hybridized carbons (Fsp3) is 0.600. The summed E-state index contributed by atoms with van der Waals surface area (Å²) in [5, 5.41) is 1.24. The summed E-state index contributed by atoms with van der Waals surface area (Å²) in [4.78, 5) is 10.5. The van der Waals surface area contributed by atoms with Gasteiger partial charge in [-0.2, -0.15) is 4.98 Å². The Hall–Kier alpha value is -0.870. The zero-order chi connectivity index (χ0) is 14.4. The number of hydrogen-bond donors (Lipinski definition) is 0. The van der Waals surface area contributed by atoms with E-state index in [2.05, 4.69) is 29.9 Å². The molecule has 2 heterocycles. The van der Waals surface area contributed by atoms with Crippen molar-refractivity contribution < 1.29 is 4.74 Å². The molecular weight excluding hydrogens is 292 g/mol. The van der Waals surface area contributed by atoms with Crippen LogP contribution < -0.4 is 4.74 Å². The first-order chi connectivity index (χ1) is 9.70. The summed E-state index contributed by atoms with van der Waals surface area (Å²) in [6, 6.07) is 2.06. The third-order valence-corrected chi connectivity index (χ3v) is 4.30. The number of thiophene rings is 1. The summed E-state index contributed by atoms with van der Waals surface area (Å²) in [6.45, 7) is 4.98. The summed E-state index contributed by atoms with van der Waals surface area (Å²) in [5.74, 6) is 0.623. The monoisotopic (exact) mass is 312 g/mol. The molecule has 0 fully saturated rings. The van der Waals surface area contributed by atoms with Gasteiger partial charge < -0.3 is 4.74 Å². The minimum atomic E-state index is 0.261. The number of nitrogens with zero attached hydrogens (tertiary/aromatic N) is 2. The van der Waals surface area contributed by atoms with E-state index >= 15 is 0 Å². The molecule has 20 heavy (non-hydrogen) atoms. The number of aryl methyl sites for hydroxylation is 1. The van der Waals surface area contributed by atoms with E-state index in [-0.39, 0.29) is 5.28 Å². The minimum absolute atomic E-state index is 0.261. The number of halogens is 1. The van der Waals surface area contributed by atoms with Gasteiger partial charge in [0.25, 0.3) is 0 Å². The van der Waals surface area contributed by atoms with Crippen molar-refractivity contribution in [2.45, 2.75) is 52.4 Å². The lowest BCUT2D eigenvalue weighted by Gasteiger charge is -2.06. The summed E-state index contributed by atoms with van der Waals surface area (Å²) in [7, 11) is 0. The lowest BCUT2D eigenvalue weighted by molar-refractivity contribution is 0.297. The molecule has 5 heteroatoms. The highest BCUT2D eigenvalue weighted by Gasteiger charge is 2.10. The fourth-order valence-corrected chi connectivity index (χ4v) is 3.23. The summed E-state index contributed by atoms with van der Waals surface area (Å²) in [6.07, 6.45) is 7.50. The Morgan fingerprint density at radius 1 is 1.15 bits per heavy atom. The first-order valence-electron chi connectivity index (χ1n) is 7.27. The van der Waals surface area contributed by atoms with Crippen molar-refractivity contribution in [2.75, 3.05) is 6.61 Å². The van der Waals surface area contributed by atoms with Gasteiger partial charge in [-0.25, -0.2) is 4.98 Å². The van der Waals surface area contributed by atoms with Gasteiger partial charge in [-0.15, -0.1) is 11.3 Å². The average Bonchev–Trinajstić information content (AvgIpc) is 2.77. The molecule has 0 N–H and O–H groups in total. The van der Waals surface area contributed by atoms with Crippen LogP contribution in [0.5, 0.6) is 5.88 Å². The smallest absolute Gasteiger partial charge is 0.227 e. The third-order valence-electron chi connectivity index (χ3n) is 3.19. The molecule has 2 rings (SSSR count). The van der Waals surface area contributed by atoms with Crippen LogP contribution in [0.3, 0.4) is 0 Å². The van der Waals surface area contributed by atoms with Crippen molar-refractivity contribution in [3.8, 4) is 5.88 Å². The highest BCUT2D eigenvalue weighted by molar-refractivity contribution is 7.18. The molecule has 0 aliphatic rings. The van der Waals surface area contributed by atoms with Gasteiger partial charge in [0.05, 0.1) is 12.0 Å². The van der Waals surface area contributed by atoms with Crippen LogP contribution >= 0.6 is 22.9 Å². The van der Waals surface area contributed by atoms with E-state index < -0.39 is 0 Å². The van der Waals surface area contributed by atoms with Gasteiger partial charge in [-0.05, 0) is 31.0 Å². The Morgan fingerprint density at radius 2 is 1.90 bits per heavy atom. The Morgan fingerprint density at radius 3 is 2.70 bits per heavy atom. The average molecular weight is 313 g/mol. The van der Waals surface area contributed by atoms with Gasteiger partial charge in [0.15, 0.2) is 0 Å². The second kappa shape index (κ2) is 7.79. The molecule has 110 valence electrons. The number of hydrogen-bond acceptors (Lipinski definition) is 4. The quantitative estimate of drug-likeness (QED) is 0.484. The van der Waals surface area contributed by atoms with Crippen molar-refractivity contribution in [2.24, 2.45) is 0 Å². The molecule has 0 radical (unpaired) electrons. The van der Waals surface area contributed by atoms with Crippen LogP contribution in [0.1, 0.15) is 50.3 Å². The Kier molecular flexibility index (Phi) is 6.05. The van der Waals surface area contributed by atoms with Crippen molar-refractivity contribution >= 4 is 33.2 Å². The van der Waals surface area contributed by atoms with Crippen molar-refractivity contribution in [1.82, 2.24) is 9.97 Å². The molecule has 0 amide bonds. The first-order valence-corrected chi connectivity index (χ1v) is 8.46. The van der Waals surface area contributed by atoms with E-state index in [1.54, 1.807) is 11.3 Å². The zero-order valence-electron chi connectivity index (χ0n) is 12.1. The number of unbranched alkanes of at least 4 members (excludes halogenated alkanes) is 5. The molecule has 0 unspecified atom stereocenters. The highest BCUT2D eigenvalue weighted by Crippen LogP contribution is 2.30. The molecule has 0 aromatic carbocycles. The molecule has 0 atom stereocenters. The van der Waals surface area contributed by atoms with Crippen LogP contribution in [-0.4, -0.2) is 16.6 Å². The Labute approximate surface area is 129 Å². The van der Waals surface area contributed by atoms with Gasteiger partial charge >= 0.3 is 0 Å². The number of rotatable bonds is 8.